The monoisotopic (exact) mass is 261 g/mol. The molecule has 3 N–H and O–H groups in total. The maximum absolute atomic E-state index is 11.9. The number of anilines is 1. The van der Waals surface area contributed by atoms with Gasteiger partial charge in [-0.1, -0.05) is 18.6 Å². The summed E-state index contributed by atoms with van der Waals surface area (Å²) in [6.07, 6.45) is 3.24. The molecule has 4 heteroatoms. The van der Waals surface area contributed by atoms with Crippen LogP contribution in [0.2, 0.25) is 0 Å². The van der Waals surface area contributed by atoms with Gasteiger partial charge in [-0.25, -0.2) is 0 Å². The van der Waals surface area contributed by atoms with Crippen LogP contribution in [0, 0.1) is 6.92 Å². The molecule has 1 fully saturated rings. The minimum Gasteiger partial charge on any atom is -0.399 e. The van der Waals surface area contributed by atoms with Gasteiger partial charge in [-0.05, 0) is 43.5 Å². The summed E-state index contributed by atoms with van der Waals surface area (Å²) < 4.78 is 0. The predicted molar refractivity (Wildman–Crippen MR) is 77.7 cm³/mol. The number of hydrogen-bond donors (Lipinski definition) is 2. The fourth-order valence-corrected chi connectivity index (χ4v) is 2.74. The van der Waals surface area contributed by atoms with Gasteiger partial charge in [0.2, 0.25) is 5.91 Å². The number of nitrogens with zero attached hydrogens (tertiary/aromatic N) is 1. The number of hydrogen-bond acceptors (Lipinski definition) is 3. The van der Waals surface area contributed by atoms with Gasteiger partial charge in [0.05, 0.1) is 6.04 Å². The number of likely N-dealkylation sites (N-methyl/N-ethyl adjacent to an activating group) is 1. The number of rotatable bonds is 3. The van der Waals surface area contributed by atoms with Gasteiger partial charge < -0.3 is 11.1 Å². The van der Waals surface area contributed by atoms with Crippen LogP contribution < -0.4 is 11.1 Å². The van der Waals surface area contributed by atoms with Crippen LogP contribution in [0.15, 0.2) is 18.2 Å². The first-order valence-electron chi connectivity index (χ1n) is 6.93. The maximum atomic E-state index is 11.9. The van der Waals surface area contributed by atoms with E-state index in [1.165, 1.54) is 5.56 Å². The van der Waals surface area contributed by atoms with Crippen molar-refractivity contribution in [2.45, 2.75) is 38.8 Å². The second-order valence-corrected chi connectivity index (χ2v) is 5.23. The minimum atomic E-state index is -0.000388. The Morgan fingerprint density at radius 2 is 2.26 bits per heavy atom. The van der Waals surface area contributed by atoms with Crippen LogP contribution in [0.25, 0.3) is 0 Å². The fraction of sp³-hybridized carbons (Fsp3) is 0.533. The molecule has 19 heavy (non-hydrogen) atoms. The first kappa shape index (κ1) is 13.9. The molecular formula is C15H23N3O. The summed E-state index contributed by atoms with van der Waals surface area (Å²) in [5, 5.41) is 2.77. The Labute approximate surface area is 115 Å². The number of nitrogen functional groups attached to an aromatic ring is 1. The number of nitrogens with two attached hydrogens (primary N) is 1. The molecular weight excluding hydrogens is 238 g/mol. The third kappa shape index (κ3) is 3.07. The van der Waals surface area contributed by atoms with Crippen LogP contribution in [0.4, 0.5) is 5.69 Å². The highest BCUT2D eigenvalue weighted by molar-refractivity contribution is 5.81. The SMILES string of the molecule is CNC(=O)C1CCCCN1Cc1cccc(N)c1C. The standard InChI is InChI=1S/C15H23N3O/c1-11-12(6-5-7-13(11)16)10-18-9-4-3-8-14(18)15(19)17-2/h5-7,14H,3-4,8-10,16H2,1-2H3,(H,17,19). The van der Waals surface area contributed by atoms with Crippen molar-refractivity contribution in [1.82, 2.24) is 10.2 Å². The smallest absolute Gasteiger partial charge is 0.237 e. The normalized spacial score (nSPS) is 20.2. The lowest BCUT2D eigenvalue weighted by Gasteiger charge is -2.34. The van der Waals surface area contributed by atoms with E-state index in [-0.39, 0.29) is 11.9 Å². The van der Waals surface area contributed by atoms with Crippen LogP contribution in [-0.4, -0.2) is 30.4 Å². The van der Waals surface area contributed by atoms with Crippen LogP contribution in [-0.2, 0) is 11.3 Å². The van der Waals surface area contributed by atoms with Crippen molar-refractivity contribution in [3.63, 3.8) is 0 Å². The van der Waals surface area contributed by atoms with Crippen LogP contribution in [0.1, 0.15) is 30.4 Å². The third-order valence-corrected chi connectivity index (χ3v) is 4.02. The zero-order chi connectivity index (χ0) is 13.8. The number of benzene rings is 1. The van der Waals surface area contributed by atoms with E-state index in [4.69, 9.17) is 5.73 Å². The van der Waals surface area contributed by atoms with Crippen LogP contribution in [0.5, 0.6) is 0 Å². The van der Waals surface area contributed by atoms with Crippen molar-refractivity contribution < 1.29 is 4.79 Å². The number of amides is 1. The quantitative estimate of drug-likeness (QED) is 0.814. The zero-order valence-corrected chi connectivity index (χ0v) is 11.8. The molecule has 0 spiro atoms. The number of likely N-dealkylation sites (tertiary alicyclic amines) is 1. The second kappa shape index (κ2) is 6.06. The van der Waals surface area contributed by atoms with Gasteiger partial charge in [0, 0.05) is 19.3 Å². The Bertz CT molecular complexity index is 459. The molecule has 0 bridgehead atoms. The van der Waals surface area contributed by atoms with E-state index >= 15 is 0 Å². The second-order valence-electron chi connectivity index (χ2n) is 5.23. The lowest BCUT2D eigenvalue weighted by molar-refractivity contribution is -0.127. The lowest BCUT2D eigenvalue weighted by atomic mass is 9.99. The van der Waals surface area contributed by atoms with Gasteiger partial charge >= 0.3 is 0 Å². The Morgan fingerprint density at radius 3 is 3.00 bits per heavy atom. The van der Waals surface area contributed by atoms with E-state index in [9.17, 15) is 4.79 Å². The Morgan fingerprint density at radius 1 is 1.47 bits per heavy atom. The molecule has 1 aliphatic heterocycles. The topological polar surface area (TPSA) is 58.4 Å². The third-order valence-electron chi connectivity index (χ3n) is 4.02. The molecule has 1 atom stereocenters. The summed E-state index contributed by atoms with van der Waals surface area (Å²) in [6, 6.07) is 6.00. The van der Waals surface area contributed by atoms with Crippen molar-refractivity contribution >= 4 is 11.6 Å². The van der Waals surface area contributed by atoms with Crippen molar-refractivity contribution in [2.75, 3.05) is 19.3 Å². The molecule has 1 aromatic rings. The Hall–Kier alpha value is -1.55. The fourth-order valence-electron chi connectivity index (χ4n) is 2.74. The van der Waals surface area contributed by atoms with Crippen LogP contribution in [0.3, 0.4) is 0 Å². The van der Waals surface area contributed by atoms with Gasteiger partial charge in [-0.2, -0.15) is 0 Å². The Balaban J connectivity index is 2.15. The summed E-state index contributed by atoms with van der Waals surface area (Å²) in [6.45, 7) is 3.82. The summed E-state index contributed by atoms with van der Waals surface area (Å²) in [7, 11) is 1.71. The van der Waals surface area contributed by atoms with Crippen LogP contribution >= 0.6 is 0 Å². The van der Waals surface area contributed by atoms with Gasteiger partial charge in [-0.3, -0.25) is 9.69 Å². The number of carbonyl (C=O) groups is 1. The summed E-state index contributed by atoms with van der Waals surface area (Å²) >= 11 is 0. The summed E-state index contributed by atoms with van der Waals surface area (Å²) in [5.74, 6) is 0.126. The molecule has 4 nitrogen and oxygen atoms in total. The molecule has 0 radical (unpaired) electrons. The van der Waals surface area contributed by atoms with Gasteiger partial charge in [0.25, 0.3) is 0 Å². The van der Waals surface area contributed by atoms with Crippen molar-refractivity contribution in [2.24, 2.45) is 0 Å². The maximum Gasteiger partial charge on any atom is 0.237 e. The van der Waals surface area contributed by atoms with Crippen molar-refractivity contribution in [3.05, 3.63) is 29.3 Å². The summed E-state index contributed by atoms with van der Waals surface area (Å²) in [5.41, 5.74) is 9.12. The average molecular weight is 261 g/mol. The highest BCUT2D eigenvalue weighted by Gasteiger charge is 2.28. The molecule has 1 aromatic carbocycles. The van der Waals surface area contributed by atoms with Crippen molar-refractivity contribution in [3.8, 4) is 0 Å². The molecule has 0 aliphatic carbocycles. The van der Waals surface area contributed by atoms with E-state index in [0.717, 1.165) is 43.6 Å². The first-order valence-corrected chi connectivity index (χ1v) is 6.93. The highest BCUT2D eigenvalue weighted by atomic mass is 16.2. The minimum absolute atomic E-state index is 0.000388. The Kier molecular flexibility index (Phi) is 4.43. The highest BCUT2D eigenvalue weighted by Crippen LogP contribution is 2.23. The van der Waals surface area contributed by atoms with Gasteiger partial charge in [0.15, 0.2) is 0 Å². The number of piperidine rings is 1. The van der Waals surface area contributed by atoms with E-state index in [1.54, 1.807) is 7.05 Å². The molecule has 104 valence electrons. The lowest BCUT2D eigenvalue weighted by Crippen LogP contribution is -2.48. The average Bonchev–Trinajstić information content (AvgIpc) is 2.43. The molecule has 1 amide bonds. The summed E-state index contributed by atoms with van der Waals surface area (Å²) in [4.78, 5) is 14.2. The molecule has 1 heterocycles. The molecule has 2 rings (SSSR count). The van der Waals surface area contributed by atoms with E-state index in [2.05, 4.69) is 16.3 Å². The zero-order valence-electron chi connectivity index (χ0n) is 11.8. The molecule has 1 saturated heterocycles. The number of nitrogens with one attached hydrogen (secondary N) is 1. The molecule has 1 unspecified atom stereocenters. The van der Waals surface area contributed by atoms with E-state index < -0.39 is 0 Å². The molecule has 1 aliphatic rings. The number of carbonyl (C=O) groups excluding carboxylic acids is 1. The largest absolute Gasteiger partial charge is 0.399 e. The first-order chi connectivity index (χ1) is 9.13. The van der Waals surface area contributed by atoms with E-state index in [0.29, 0.717) is 0 Å². The molecule has 0 saturated carbocycles. The predicted octanol–water partition coefficient (Wildman–Crippen LogP) is 1.68. The molecule has 0 aromatic heterocycles. The van der Waals surface area contributed by atoms with Gasteiger partial charge in [-0.15, -0.1) is 0 Å². The van der Waals surface area contributed by atoms with Gasteiger partial charge in [0.1, 0.15) is 0 Å². The van der Waals surface area contributed by atoms with Crippen molar-refractivity contribution in [1.29, 1.82) is 0 Å². The van der Waals surface area contributed by atoms with E-state index in [1.807, 2.05) is 19.1 Å².